The van der Waals surface area contributed by atoms with E-state index >= 15 is 0 Å². The van der Waals surface area contributed by atoms with Gasteiger partial charge in [0.25, 0.3) is 0 Å². The SMILES string of the molecule is COc1ccc(Cl)cc1CCCC(O)C(C)(C)C. The Hall–Kier alpha value is -0.730. The summed E-state index contributed by atoms with van der Waals surface area (Å²) in [7, 11) is 1.66. The number of aliphatic hydroxyl groups is 1. The number of aliphatic hydroxyl groups excluding tert-OH is 1. The highest BCUT2D eigenvalue weighted by Crippen LogP contribution is 2.27. The highest BCUT2D eigenvalue weighted by atomic mass is 35.5. The summed E-state index contributed by atoms with van der Waals surface area (Å²) in [6.07, 6.45) is 2.31. The molecule has 1 aromatic carbocycles. The van der Waals surface area contributed by atoms with Crippen molar-refractivity contribution in [2.75, 3.05) is 7.11 Å². The number of methoxy groups -OCH3 is 1. The summed E-state index contributed by atoms with van der Waals surface area (Å²) in [5, 5.41) is 10.7. The molecule has 0 aromatic heterocycles. The van der Waals surface area contributed by atoms with E-state index in [2.05, 4.69) is 20.8 Å². The molecule has 0 aliphatic rings. The molecule has 1 aromatic rings. The lowest BCUT2D eigenvalue weighted by Crippen LogP contribution is -2.25. The maximum absolute atomic E-state index is 9.99. The normalized spacial score (nSPS) is 13.4. The van der Waals surface area contributed by atoms with Crippen molar-refractivity contribution in [1.82, 2.24) is 0 Å². The molecule has 1 unspecified atom stereocenters. The molecule has 0 aliphatic carbocycles. The number of aryl methyl sites for hydroxylation is 1. The first-order chi connectivity index (χ1) is 8.34. The summed E-state index contributed by atoms with van der Waals surface area (Å²) in [6, 6.07) is 5.65. The van der Waals surface area contributed by atoms with Gasteiger partial charge in [0, 0.05) is 5.02 Å². The first kappa shape index (κ1) is 15.3. The molecule has 0 saturated heterocycles. The largest absolute Gasteiger partial charge is 0.496 e. The van der Waals surface area contributed by atoms with Gasteiger partial charge in [-0.25, -0.2) is 0 Å². The first-order valence-corrected chi connectivity index (χ1v) is 6.73. The molecule has 0 bridgehead atoms. The van der Waals surface area contributed by atoms with E-state index in [1.54, 1.807) is 7.11 Å². The Labute approximate surface area is 115 Å². The van der Waals surface area contributed by atoms with Crippen molar-refractivity contribution in [2.45, 2.75) is 46.1 Å². The minimum Gasteiger partial charge on any atom is -0.496 e. The summed E-state index contributed by atoms with van der Waals surface area (Å²) in [5.74, 6) is 0.865. The van der Waals surface area contributed by atoms with Gasteiger partial charge in [-0.05, 0) is 48.4 Å². The quantitative estimate of drug-likeness (QED) is 0.874. The number of halogens is 1. The van der Waals surface area contributed by atoms with Gasteiger partial charge < -0.3 is 9.84 Å². The van der Waals surface area contributed by atoms with Gasteiger partial charge in [-0.3, -0.25) is 0 Å². The Bertz CT molecular complexity index is 383. The summed E-state index contributed by atoms with van der Waals surface area (Å²) in [5.41, 5.74) is 1.05. The molecular formula is C15H23ClO2. The zero-order chi connectivity index (χ0) is 13.8. The third-order valence-electron chi connectivity index (χ3n) is 3.17. The molecular weight excluding hydrogens is 248 g/mol. The van der Waals surface area contributed by atoms with Crippen LogP contribution in [-0.4, -0.2) is 18.3 Å². The Balaban J connectivity index is 2.56. The Morgan fingerprint density at radius 2 is 2.00 bits per heavy atom. The monoisotopic (exact) mass is 270 g/mol. The third kappa shape index (κ3) is 4.51. The number of benzene rings is 1. The molecule has 1 rings (SSSR count). The van der Waals surface area contributed by atoms with Crippen LogP contribution in [-0.2, 0) is 6.42 Å². The average molecular weight is 271 g/mol. The Morgan fingerprint density at radius 1 is 1.33 bits per heavy atom. The fourth-order valence-corrected chi connectivity index (χ4v) is 2.06. The minimum atomic E-state index is -0.275. The molecule has 2 nitrogen and oxygen atoms in total. The van der Waals surface area contributed by atoms with Crippen LogP contribution in [0.5, 0.6) is 5.75 Å². The second kappa shape index (κ2) is 6.44. The minimum absolute atomic E-state index is 0.0571. The summed E-state index contributed by atoms with van der Waals surface area (Å²) in [6.45, 7) is 6.16. The Kier molecular flexibility index (Phi) is 5.48. The van der Waals surface area contributed by atoms with Crippen molar-refractivity contribution < 1.29 is 9.84 Å². The van der Waals surface area contributed by atoms with Gasteiger partial charge in [0.05, 0.1) is 13.2 Å². The summed E-state index contributed by atoms with van der Waals surface area (Å²) in [4.78, 5) is 0. The predicted octanol–water partition coefficient (Wildman–Crippen LogP) is 4.08. The highest BCUT2D eigenvalue weighted by Gasteiger charge is 2.21. The smallest absolute Gasteiger partial charge is 0.122 e. The van der Waals surface area contributed by atoms with Gasteiger partial charge in [0.1, 0.15) is 5.75 Å². The Morgan fingerprint density at radius 3 is 2.56 bits per heavy atom. The van der Waals surface area contributed by atoms with Crippen LogP contribution in [0.25, 0.3) is 0 Å². The van der Waals surface area contributed by atoms with Crippen LogP contribution in [0.2, 0.25) is 5.02 Å². The molecule has 3 heteroatoms. The summed E-state index contributed by atoms with van der Waals surface area (Å²) < 4.78 is 5.30. The van der Waals surface area contributed by atoms with Gasteiger partial charge in [-0.2, -0.15) is 0 Å². The number of hydrogen-bond acceptors (Lipinski definition) is 2. The molecule has 1 atom stereocenters. The maximum Gasteiger partial charge on any atom is 0.122 e. The average Bonchev–Trinajstić information content (AvgIpc) is 2.28. The van der Waals surface area contributed by atoms with Crippen LogP contribution in [0.4, 0.5) is 0 Å². The van der Waals surface area contributed by atoms with E-state index in [1.165, 1.54) is 0 Å². The molecule has 0 fully saturated rings. The second-order valence-corrected chi connectivity index (χ2v) is 6.17. The van der Waals surface area contributed by atoms with Crippen LogP contribution < -0.4 is 4.74 Å². The predicted molar refractivity (Wildman–Crippen MR) is 76.4 cm³/mol. The number of ether oxygens (including phenoxy) is 1. The van der Waals surface area contributed by atoms with Gasteiger partial charge >= 0.3 is 0 Å². The van der Waals surface area contributed by atoms with Gasteiger partial charge in [0.2, 0.25) is 0 Å². The maximum atomic E-state index is 9.99. The topological polar surface area (TPSA) is 29.5 Å². The van der Waals surface area contributed by atoms with E-state index in [1.807, 2.05) is 18.2 Å². The van der Waals surface area contributed by atoms with Crippen molar-refractivity contribution in [1.29, 1.82) is 0 Å². The van der Waals surface area contributed by atoms with E-state index < -0.39 is 0 Å². The lowest BCUT2D eigenvalue weighted by atomic mass is 9.86. The number of hydrogen-bond donors (Lipinski definition) is 1. The van der Waals surface area contributed by atoms with Crippen LogP contribution in [0.15, 0.2) is 18.2 Å². The van der Waals surface area contributed by atoms with Gasteiger partial charge in [0.15, 0.2) is 0 Å². The van der Waals surface area contributed by atoms with E-state index in [4.69, 9.17) is 16.3 Å². The van der Waals surface area contributed by atoms with Gasteiger partial charge in [-0.15, -0.1) is 0 Å². The van der Waals surface area contributed by atoms with Crippen molar-refractivity contribution in [3.63, 3.8) is 0 Å². The molecule has 0 amide bonds. The zero-order valence-corrected chi connectivity index (χ0v) is 12.4. The number of rotatable bonds is 5. The second-order valence-electron chi connectivity index (χ2n) is 5.73. The standard InChI is InChI=1S/C15H23ClO2/c1-15(2,3)14(17)7-5-6-11-10-12(16)8-9-13(11)18-4/h8-10,14,17H,5-7H2,1-4H3. The van der Waals surface area contributed by atoms with E-state index in [9.17, 15) is 5.11 Å². The zero-order valence-electron chi connectivity index (χ0n) is 11.7. The van der Waals surface area contributed by atoms with E-state index in [0.29, 0.717) is 0 Å². The lowest BCUT2D eigenvalue weighted by Gasteiger charge is -2.25. The molecule has 0 aliphatic heterocycles. The van der Waals surface area contributed by atoms with Crippen molar-refractivity contribution in [2.24, 2.45) is 5.41 Å². The van der Waals surface area contributed by atoms with Crippen LogP contribution in [0.3, 0.4) is 0 Å². The van der Waals surface area contributed by atoms with Crippen molar-refractivity contribution in [3.8, 4) is 5.75 Å². The molecule has 0 heterocycles. The lowest BCUT2D eigenvalue weighted by molar-refractivity contribution is 0.0540. The van der Waals surface area contributed by atoms with Gasteiger partial charge in [-0.1, -0.05) is 32.4 Å². The van der Waals surface area contributed by atoms with Crippen LogP contribution >= 0.6 is 11.6 Å². The molecule has 102 valence electrons. The molecule has 0 spiro atoms. The fourth-order valence-electron chi connectivity index (χ4n) is 1.86. The van der Waals surface area contributed by atoms with E-state index in [-0.39, 0.29) is 11.5 Å². The summed E-state index contributed by atoms with van der Waals surface area (Å²) >= 11 is 5.98. The highest BCUT2D eigenvalue weighted by molar-refractivity contribution is 6.30. The third-order valence-corrected chi connectivity index (χ3v) is 3.40. The van der Waals surface area contributed by atoms with Crippen molar-refractivity contribution in [3.05, 3.63) is 28.8 Å². The van der Waals surface area contributed by atoms with E-state index in [0.717, 1.165) is 35.6 Å². The first-order valence-electron chi connectivity index (χ1n) is 6.35. The van der Waals surface area contributed by atoms with Crippen LogP contribution in [0.1, 0.15) is 39.2 Å². The van der Waals surface area contributed by atoms with Crippen LogP contribution in [0, 0.1) is 5.41 Å². The molecule has 0 saturated carbocycles. The molecule has 0 radical (unpaired) electrons. The van der Waals surface area contributed by atoms with Crippen molar-refractivity contribution >= 4 is 11.6 Å². The fraction of sp³-hybridized carbons (Fsp3) is 0.600. The molecule has 1 N–H and O–H groups in total. The molecule has 18 heavy (non-hydrogen) atoms.